The van der Waals surface area contributed by atoms with E-state index in [1.54, 1.807) is 0 Å². The number of carboxylic acids is 4. The second-order valence-corrected chi connectivity index (χ2v) is 7.39. The maximum atomic E-state index is 11.1. The maximum absolute atomic E-state index is 11.1. The fourth-order valence-electron chi connectivity index (χ4n) is 2.26. The Morgan fingerprint density at radius 1 is 0.472 bits per heavy atom. The van der Waals surface area contributed by atoms with Gasteiger partial charge in [0, 0.05) is 0 Å². The predicted molar refractivity (Wildman–Crippen MR) is 97.4 cm³/mol. The van der Waals surface area contributed by atoms with Crippen LogP contribution in [0.2, 0.25) is 0 Å². The van der Waals surface area contributed by atoms with E-state index < -0.39 is 113 Å². The van der Waals surface area contributed by atoms with Crippen molar-refractivity contribution in [1.82, 2.24) is 0 Å². The Balaban J connectivity index is 0. The third-order valence-corrected chi connectivity index (χ3v) is 3.58. The number of rotatable bonds is 4. The predicted octanol–water partition coefficient (Wildman–Crippen LogP) is -9.79. The molecule has 8 N–H and O–H groups in total. The summed E-state index contributed by atoms with van der Waals surface area (Å²) in [4.78, 5) is 44.6. The summed E-state index contributed by atoms with van der Waals surface area (Å²) in [5.41, 5.74) is 0. The van der Waals surface area contributed by atoms with Gasteiger partial charge in [0.2, 0.25) is 0 Å². The minimum absolute atomic E-state index is 0.244. The van der Waals surface area contributed by atoms with E-state index in [0.29, 0.717) is 0 Å². The van der Waals surface area contributed by atoms with E-state index in [1.807, 2.05) is 0 Å². The van der Waals surface area contributed by atoms with E-state index >= 15 is 0 Å². The number of hydrogen-bond acceptors (Lipinski definition) is 18. The van der Waals surface area contributed by atoms with Crippen molar-refractivity contribution in [3.8, 4) is 0 Å². The van der Waals surface area contributed by atoms with Gasteiger partial charge in [0.1, 0.15) is 24.4 Å². The van der Waals surface area contributed by atoms with Crippen molar-refractivity contribution in [1.29, 1.82) is 0 Å². The van der Waals surface area contributed by atoms with Crippen molar-refractivity contribution < 1.29 is 106 Å². The molecule has 0 aromatic heterocycles. The van der Waals surface area contributed by atoms with Gasteiger partial charge in [-0.1, -0.05) is 0 Å². The third kappa shape index (κ3) is 18.2. The van der Waals surface area contributed by atoms with E-state index in [4.69, 9.17) is 45.6 Å². The number of hydrogen-bond donors (Lipinski definition) is 4. The molecule has 18 nitrogen and oxygen atoms in total. The van der Waals surface area contributed by atoms with Crippen molar-refractivity contribution in [2.24, 2.45) is 17.2 Å². The zero-order chi connectivity index (χ0) is 27.9. The molecule has 1 saturated heterocycles. The van der Waals surface area contributed by atoms with Gasteiger partial charge >= 0.3 is 55.3 Å². The summed E-state index contributed by atoms with van der Waals surface area (Å²) in [6.07, 6.45) is -7.93. The van der Waals surface area contributed by atoms with E-state index in [2.05, 4.69) is 0 Å². The SMILES string of the molecule is O=C([O-])[C@@H]1OCCOCCO[C@@H](C(=O)[O-])[C@H](C(=O)[O-])OCCOCCO[C@H]1C(=O)[O-].[NH2][Pt+2][NH2].[NH2][Pt+2][NH2]. The quantitative estimate of drug-likeness (QED) is 0.204. The first-order valence-corrected chi connectivity index (χ1v) is 14.7. The molecule has 0 aliphatic carbocycles. The molecule has 4 atom stereocenters. The molecule has 0 saturated carbocycles. The van der Waals surface area contributed by atoms with E-state index in [1.165, 1.54) is 0 Å². The van der Waals surface area contributed by atoms with Crippen LogP contribution < -0.4 is 37.6 Å². The van der Waals surface area contributed by atoms with Crippen LogP contribution in [0.15, 0.2) is 0 Å². The molecule has 0 radical (unpaired) electrons. The van der Waals surface area contributed by atoms with E-state index in [9.17, 15) is 39.6 Å². The second kappa shape index (κ2) is 24.2. The number of carboxylic acid groups (broad SMARTS) is 4. The van der Waals surface area contributed by atoms with Crippen LogP contribution in [-0.4, -0.2) is 101 Å². The second-order valence-electron chi connectivity index (χ2n) is 5.88. The molecular weight excluding hydrogens is 862 g/mol. The van der Waals surface area contributed by atoms with Crippen molar-refractivity contribution in [3.05, 3.63) is 0 Å². The molecule has 0 aromatic rings. The Morgan fingerprint density at radius 2 is 0.639 bits per heavy atom. The summed E-state index contributed by atoms with van der Waals surface area (Å²) in [6, 6.07) is 0. The summed E-state index contributed by atoms with van der Waals surface area (Å²) in [5.74, 6) is -7.38. The average molecular weight is 891 g/mol. The molecule has 1 aliphatic heterocycles. The van der Waals surface area contributed by atoms with Crippen molar-refractivity contribution in [2.45, 2.75) is 24.4 Å². The fraction of sp³-hybridized carbons (Fsp3) is 0.750. The van der Waals surface area contributed by atoms with Gasteiger partial charge in [-0.3, -0.25) is 0 Å². The van der Waals surface area contributed by atoms with Crippen LogP contribution in [0.1, 0.15) is 0 Å². The van der Waals surface area contributed by atoms with Crippen LogP contribution in [0.25, 0.3) is 0 Å². The summed E-state index contributed by atoms with van der Waals surface area (Å²) in [5, 5.41) is 44.6. The van der Waals surface area contributed by atoms with Gasteiger partial charge in [0.15, 0.2) is 0 Å². The Morgan fingerprint density at radius 3 is 0.778 bits per heavy atom. The summed E-state index contributed by atoms with van der Waals surface area (Å²) in [7, 11) is 0. The molecule has 1 aliphatic rings. The zero-order valence-corrected chi connectivity index (χ0v) is 23.2. The molecule has 216 valence electrons. The standard InChI is InChI=1S/C16H24O14.4H2N.2Pt/c17-13(18)9-10(14(19)20)29-7-3-26-4-8-30-12(16(23)24)11(15(21)22)28-6-2-25-1-5-27-9;;;;;;/h9-12H,1-8H2,(H,17,18)(H,19,20)(H,21,22)(H,23,24);4*1H2;;/q;4*-1;2*+4/p-4/t9-,10-,11-,12-;;;;;;/m1....../s1. The summed E-state index contributed by atoms with van der Waals surface area (Å²) >= 11 is -0.833. The fourth-order valence-corrected chi connectivity index (χ4v) is 2.26. The summed E-state index contributed by atoms with van der Waals surface area (Å²) < 4.78 is 48.6. The molecule has 36 heavy (non-hydrogen) atoms. The van der Waals surface area contributed by atoms with Gasteiger partial charge in [-0.25, -0.2) is 0 Å². The molecule has 0 bridgehead atoms. The monoisotopic (exact) mass is 890 g/mol. The number of carbonyl (C=O) groups is 4. The van der Waals surface area contributed by atoms with Crippen molar-refractivity contribution >= 4 is 23.9 Å². The first-order chi connectivity index (χ1) is 17.1. The molecule has 0 aromatic carbocycles. The number of ether oxygens (including phenoxy) is 6. The van der Waals surface area contributed by atoms with Gasteiger partial charge in [0.25, 0.3) is 0 Å². The van der Waals surface area contributed by atoms with Crippen LogP contribution in [0.4, 0.5) is 0 Å². The van der Waals surface area contributed by atoms with Crippen LogP contribution in [-0.2, 0) is 85.7 Å². The molecular formula is C16H28N4O14Pt2. The Bertz CT molecular complexity index is 536. The molecule has 0 amide bonds. The van der Waals surface area contributed by atoms with Crippen LogP contribution in [0, 0.1) is 0 Å². The first-order valence-electron chi connectivity index (χ1n) is 9.44. The number of carbonyl (C=O) groups excluding carboxylic acids is 4. The van der Waals surface area contributed by atoms with Crippen LogP contribution in [0.5, 0.6) is 0 Å². The molecule has 1 fully saturated rings. The van der Waals surface area contributed by atoms with Gasteiger partial charge in [-0.2, -0.15) is 0 Å². The van der Waals surface area contributed by atoms with Gasteiger partial charge in [-0.05, 0) is 0 Å². The first kappa shape index (κ1) is 37.0. The van der Waals surface area contributed by atoms with Crippen molar-refractivity contribution in [3.63, 3.8) is 0 Å². The number of aliphatic carboxylic acids is 4. The third-order valence-electron chi connectivity index (χ3n) is 3.58. The van der Waals surface area contributed by atoms with Gasteiger partial charge < -0.3 is 68.0 Å². The van der Waals surface area contributed by atoms with Crippen LogP contribution >= 0.6 is 0 Å². The molecule has 20 heteroatoms. The Labute approximate surface area is 224 Å². The van der Waals surface area contributed by atoms with E-state index in [-0.39, 0.29) is 26.4 Å². The molecule has 0 unspecified atom stereocenters. The normalized spacial score (nSPS) is 25.0. The molecule has 1 rings (SSSR count). The Hall–Kier alpha value is -1.14. The molecule has 0 spiro atoms. The molecule has 1 heterocycles. The van der Waals surface area contributed by atoms with Crippen LogP contribution in [0.3, 0.4) is 0 Å². The van der Waals surface area contributed by atoms with E-state index in [0.717, 1.165) is 0 Å². The van der Waals surface area contributed by atoms with Gasteiger partial charge in [-0.15, -0.1) is 0 Å². The zero-order valence-electron chi connectivity index (χ0n) is 18.6. The van der Waals surface area contributed by atoms with Crippen molar-refractivity contribution in [2.75, 3.05) is 52.9 Å². The van der Waals surface area contributed by atoms with Gasteiger partial charge in [0.05, 0.1) is 76.7 Å². The Kier molecular flexibility index (Phi) is 24.9. The summed E-state index contributed by atoms with van der Waals surface area (Å²) in [6.45, 7) is -2.54. The number of nitrogens with two attached hydrogens (primary N) is 4. The average Bonchev–Trinajstić information content (AvgIpc) is 2.78. The minimum atomic E-state index is -1.98. The topological polar surface area (TPSA) is 320 Å².